The summed E-state index contributed by atoms with van der Waals surface area (Å²) in [5, 5.41) is 9.42. The van der Waals surface area contributed by atoms with Crippen molar-refractivity contribution in [3.8, 4) is 35.2 Å². The molecule has 19 heteroatoms. The van der Waals surface area contributed by atoms with E-state index in [1.165, 1.54) is 20.9 Å². The van der Waals surface area contributed by atoms with Gasteiger partial charge in [-0.25, -0.2) is 28.0 Å². The minimum Gasteiger partial charge on any atom is -0.482 e. The smallest absolute Gasteiger partial charge is 0.343 e. The summed E-state index contributed by atoms with van der Waals surface area (Å²) in [7, 11) is -2.13. The van der Waals surface area contributed by atoms with Crippen molar-refractivity contribution in [1.82, 2.24) is 9.97 Å². The molecule has 0 saturated heterocycles. The molecule has 0 aliphatic rings. The highest BCUT2D eigenvalue weighted by molar-refractivity contribution is 8.13. The van der Waals surface area contributed by atoms with Crippen molar-refractivity contribution in [2.45, 2.75) is 41.2 Å². The van der Waals surface area contributed by atoms with Gasteiger partial charge in [0.25, 0.3) is 0 Å². The number of nitrogens with zero attached hydrogens (tertiary/aromatic N) is 2. The number of carbonyl (C=O) groups excluding carboxylic acids is 2. The predicted octanol–water partition coefficient (Wildman–Crippen LogP) is 6.08. The normalized spacial score (nSPS) is 12.2. The Bertz CT molecular complexity index is 2260. The molecule has 2 aromatic heterocycles. The Morgan fingerprint density at radius 2 is 1.00 bits per heavy atom. The summed E-state index contributed by atoms with van der Waals surface area (Å²) >= 11 is 0. The van der Waals surface area contributed by atoms with Crippen LogP contribution in [0.5, 0.6) is 11.5 Å². The number of aromatic nitrogens is 2. The van der Waals surface area contributed by atoms with E-state index in [1.54, 1.807) is 87.2 Å². The molecular formula is C43H53ClN2O13P2S. The van der Waals surface area contributed by atoms with E-state index in [1.807, 2.05) is 13.0 Å². The molecule has 0 fully saturated rings. The average Bonchev–Trinajstić information content (AvgIpc) is 3.23. The second kappa shape index (κ2) is 27.1. The summed E-state index contributed by atoms with van der Waals surface area (Å²) in [4.78, 5) is 30.8. The number of carbonyl (C=O) groups is 2. The molecular weight excluding hydrogens is 882 g/mol. The maximum atomic E-state index is 12.7. The lowest BCUT2D eigenvalue weighted by Gasteiger charge is -2.13. The molecule has 4 aromatic rings. The number of hydrogen-bond acceptors (Lipinski definition) is 15. The molecule has 2 unspecified atom stereocenters. The van der Waals surface area contributed by atoms with Crippen molar-refractivity contribution in [3.63, 3.8) is 0 Å². The van der Waals surface area contributed by atoms with Crippen LogP contribution in [0.1, 0.15) is 61.8 Å². The van der Waals surface area contributed by atoms with Crippen molar-refractivity contribution in [1.29, 1.82) is 0 Å². The molecule has 0 saturated carbocycles. The van der Waals surface area contributed by atoms with E-state index < -0.39 is 35.7 Å². The van der Waals surface area contributed by atoms with Crippen LogP contribution < -0.4 is 20.3 Å². The lowest BCUT2D eigenvalue weighted by atomic mass is 10.1. The molecule has 0 amide bonds. The SMILES string of the molecule is C.CCOP(C)(=O)c1cc(C#Cc2ccc(OCC(=O)OC)cc2)cc(CC)n1.CCOP(C)(=O)c1cc(C#Cc2ccc(OCC(=O)OC)cc2)cc(CO)n1.CS(=O)(=O)Cl. The topological polar surface area (TPSA) is 204 Å². The van der Waals surface area contributed by atoms with E-state index in [4.69, 9.17) is 18.5 Å². The fraction of sp³-hybridized carbons (Fsp3) is 0.349. The maximum absolute atomic E-state index is 12.7. The van der Waals surface area contributed by atoms with Crippen molar-refractivity contribution in [3.05, 3.63) is 106 Å². The highest BCUT2D eigenvalue weighted by atomic mass is 35.7. The molecule has 0 aliphatic carbocycles. The quantitative estimate of drug-likeness (QED) is 0.0659. The van der Waals surface area contributed by atoms with Gasteiger partial charge >= 0.3 is 11.9 Å². The van der Waals surface area contributed by atoms with Gasteiger partial charge in [0, 0.05) is 52.0 Å². The van der Waals surface area contributed by atoms with Crippen LogP contribution in [0, 0.1) is 23.7 Å². The van der Waals surface area contributed by atoms with Gasteiger partial charge in [-0.05, 0) is 93.1 Å². The van der Waals surface area contributed by atoms with Crippen LogP contribution >= 0.6 is 25.4 Å². The fourth-order valence-corrected chi connectivity index (χ4v) is 7.17. The summed E-state index contributed by atoms with van der Waals surface area (Å²) in [5.74, 6) is 12.3. The molecule has 336 valence electrons. The first-order chi connectivity index (χ1) is 28.7. The van der Waals surface area contributed by atoms with Crippen LogP contribution in [0.3, 0.4) is 0 Å². The van der Waals surface area contributed by atoms with Crippen molar-refractivity contribution in [2.75, 3.05) is 60.2 Å². The van der Waals surface area contributed by atoms with E-state index in [-0.39, 0.29) is 32.7 Å². The van der Waals surface area contributed by atoms with Crippen LogP contribution in [0.15, 0.2) is 72.8 Å². The Balaban J connectivity index is 0.000000551. The zero-order valence-electron chi connectivity index (χ0n) is 35.1. The number of esters is 2. The number of aliphatic hydroxyl groups is 1. The zero-order valence-corrected chi connectivity index (χ0v) is 38.5. The lowest BCUT2D eigenvalue weighted by Crippen LogP contribution is -2.14. The molecule has 2 atom stereocenters. The molecule has 4 rings (SSSR count). The second-order valence-corrected chi connectivity index (χ2v) is 20.3. The van der Waals surface area contributed by atoms with Crippen LogP contribution in [0.2, 0.25) is 0 Å². The summed E-state index contributed by atoms with van der Waals surface area (Å²) < 4.78 is 74.4. The number of hydrogen-bond donors (Lipinski definition) is 1. The summed E-state index contributed by atoms with van der Waals surface area (Å²) in [6.07, 6.45) is 1.63. The minimum absolute atomic E-state index is 0. The van der Waals surface area contributed by atoms with Gasteiger partial charge in [0.05, 0.1) is 46.0 Å². The molecule has 0 radical (unpaired) electrons. The number of ether oxygens (including phenoxy) is 4. The predicted molar refractivity (Wildman–Crippen MR) is 241 cm³/mol. The van der Waals surface area contributed by atoms with Crippen LogP contribution in [-0.4, -0.2) is 95.7 Å². The highest BCUT2D eigenvalue weighted by Crippen LogP contribution is 2.41. The Hall–Kier alpha value is -5.02. The van der Waals surface area contributed by atoms with E-state index in [9.17, 15) is 32.2 Å². The summed E-state index contributed by atoms with van der Waals surface area (Å²) in [5.41, 5.74) is 4.70. The number of methoxy groups -OCH3 is 2. The minimum atomic E-state index is -3.19. The zero-order chi connectivity index (χ0) is 45.6. The van der Waals surface area contributed by atoms with Gasteiger partial charge < -0.3 is 33.1 Å². The standard InChI is InChI=1S/C21H24NO5P.C20H22NO6P.CH3ClO2S.CH4/c1-5-18-13-17(14-20(22-18)28(4,24)27-6-2)8-7-16-9-11-19(12-10-16)26-15-21(23)25-3;1-4-27-28(3,24)19-12-16(11-17(13-22)21-19)6-5-15-7-9-18(10-8-15)26-14-20(23)25-2;1-5(2,3)4;/h9-14H,5-6,15H2,1-4H3;7-12,22H,4,13-14H2,1-3H3;1H3;1H4. The van der Waals surface area contributed by atoms with Crippen molar-refractivity contribution in [2.24, 2.45) is 0 Å². The molecule has 0 aliphatic heterocycles. The molecule has 2 heterocycles. The monoisotopic (exact) mass is 934 g/mol. The number of pyridine rings is 2. The summed E-state index contributed by atoms with van der Waals surface area (Å²) in [6, 6.07) is 20.8. The molecule has 1 N–H and O–H groups in total. The van der Waals surface area contributed by atoms with E-state index in [0.717, 1.165) is 28.6 Å². The first-order valence-corrected chi connectivity index (χ1v) is 25.2. The fourth-order valence-electron chi connectivity index (χ4n) is 4.55. The number of benzene rings is 2. The number of halogens is 1. The first kappa shape index (κ1) is 55.0. The van der Waals surface area contributed by atoms with E-state index in [2.05, 4.69) is 53.8 Å². The van der Waals surface area contributed by atoms with Crippen LogP contribution in [0.4, 0.5) is 0 Å². The summed E-state index contributed by atoms with van der Waals surface area (Å²) in [6.45, 7) is 8.66. The van der Waals surface area contributed by atoms with Gasteiger partial charge in [-0.1, -0.05) is 38.0 Å². The van der Waals surface area contributed by atoms with Gasteiger partial charge in [-0.15, -0.1) is 0 Å². The molecule has 62 heavy (non-hydrogen) atoms. The molecule has 15 nitrogen and oxygen atoms in total. The lowest BCUT2D eigenvalue weighted by molar-refractivity contribution is -0.143. The number of aryl methyl sites for hydroxylation is 1. The van der Waals surface area contributed by atoms with Crippen LogP contribution in [0.25, 0.3) is 0 Å². The van der Waals surface area contributed by atoms with Gasteiger partial charge in [0.2, 0.25) is 23.8 Å². The van der Waals surface area contributed by atoms with Crippen LogP contribution in [-0.2, 0) is 59.3 Å². The number of aliphatic hydroxyl groups excluding tert-OH is 1. The average molecular weight is 935 g/mol. The van der Waals surface area contributed by atoms with E-state index in [0.29, 0.717) is 47.8 Å². The van der Waals surface area contributed by atoms with Gasteiger partial charge in [-0.3, -0.25) is 9.13 Å². The largest absolute Gasteiger partial charge is 0.482 e. The third-order valence-electron chi connectivity index (χ3n) is 7.42. The maximum Gasteiger partial charge on any atom is 0.343 e. The highest BCUT2D eigenvalue weighted by Gasteiger charge is 2.22. The Morgan fingerprint density at radius 3 is 1.32 bits per heavy atom. The third-order valence-corrected chi connectivity index (χ3v) is 11.0. The van der Waals surface area contributed by atoms with Gasteiger partial charge in [-0.2, -0.15) is 0 Å². The van der Waals surface area contributed by atoms with Crippen molar-refractivity contribution >= 4 is 57.3 Å². The first-order valence-electron chi connectivity index (χ1n) is 18.4. The Kier molecular flexibility index (Phi) is 24.1. The molecule has 2 aromatic carbocycles. The van der Waals surface area contributed by atoms with Gasteiger partial charge in [0.15, 0.2) is 13.2 Å². The van der Waals surface area contributed by atoms with E-state index >= 15 is 0 Å². The molecule has 0 spiro atoms. The second-order valence-electron chi connectivity index (χ2n) is 12.4. The van der Waals surface area contributed by atoms with Gasteiger partial charge in [0.1, 0.15) is 22.4 Å². The van der Waals surface area contributed by atoms with Crippen molar-refractivity contribution < 1.29 is 60.2 Å². The Morgan fingerprint density at radius 1 is 0.661 bits per heavy atom. The third kappa shape index (κ3) is 21.2. The molecule has 0 bridgehead atoms. The number of rotatable bonds is 14. The Labute approximate surface area is 369 Å².